The van der Waals surface area contributed by atoms with Crippen molar-refractivity contribution in [2.24, 2.45) is 0 Å². The van der Waals surface area contributed by atoms with E-state index in [1.54, 1.807) is 7.11 Å². The Bertz CT molecular complexity index is 336. The fourth-order valence-corrected chi connectivity index (χ4v) is 1.59. The van der Waals surface area contributed by atoms with Crippen LogP contribution in [0.25, 0.3) is 0 Å². The molecule has 0 spiro atoms. The molecule has 0 fully saturated rings. The molecule has 1 N–H and O–H groups in total. The molecule has 1 rings (SSSR count). The van der Waals surface area contributed by atoms with Crippen LogP contribution >= 0.6 is 11.6 Å². The summed E-state index contributed by atoms with van der Waals surface area (Å²) in [7, 11) is 3.63. The van der Waals surface area contributed by atoms with E-state index in [2.05, 4.69) is 19.2 Å². The van der Waals surface area contributed by atoms with Crippen molar-refractivity contribution < 1.29 is 4.74 Å². The molecule has 0 saturated carbocycles. The van der Waals surface area contributed by atoms with E-state index in [1.165, 1.54) is 5.56 Å². The average Bonchev–Trinajstić information content (AvgIpc) is 2.20. The van der Waals surface area contributed by atoms with E-state index in [9.17, 15) is 0 Å². The number of methoxy groups -OCH3 is 1. The topological polar surface area (TPSA) is 21.3 Å². The molecule has 2 nitrogen and oxygen atoms in total. The lowest BCUT2D eigenvalue weighted by Gasteiger charge is -2.25. The van der Waals surface area contributed by atoms with Gasteiger partial charge in [-0.15, -0.1) is 0 Å². The van der Waals surface area contributed by atoms with E-state index < -0.39 is 0 Å². The molecule has 0 atom stereocenters. The fraction of sp³-hybridized carbons (Fsp3) is 0.500. The number of ether oxygens (including phenoxy) is 1. The highest BCUT2D eigenvalue weighted by atomic mass is 35.5. The molecule has 0 bridgehead atoms. The third-order valence-electron chi connectivity index (χ3n) is 2.56. The third kappa shape index (κ3) is 3.40. The van der Waals surface area contributed by atoms with Crippen molar-refractivity contribution >= 4 is 11.6 Å². The SMILES string of the molecule is CNC(C)(C)Cc1ccc(Cl)cc1OC. The first-order chi connectivity index (χ1) is 6.98. The lowest BCUT2D eigenvalue weighted by molar-refractivity contribution is 0.386. The van der Waals surface area contributed by atoms with Gasteiger partial charge in [-0.1, -0.05) is 17.7 Å². The van der Waals surface area contributed by atoms with E-state index in [4.69, 9.17) is 16.3 Å². The summed E-state index contributed by atoms with van der Waals surface area (Å²) in [6.45, 7) is 4.31. The van der Waals surface area contributed by atoms with Crippen LogP contribution in [0.2, 0.25) is 5.02 Å². The summed E-state index contributed by atoms with van der Waals surface area (Å²) in [5.41, 5.74) is 1.22. The Hall–Kier alpha value is -0.730. The molecule has 0 aliphatic heterocycles. The molecule has 0 radical (unpaired) electrons. The van der Waals surface area contributed by atoms with Gasteiger partial charge in [-0.05, 0) is 45.0 Å². The first kappa shape index (κ1) is 12.3. The highest BCUT2D eigenvalue weighted by Gasteiger charge is 2.17. The van der Waals surface area contributed by atoms with Gasteiger partial charge in [-0.2, -0.15) is 0 Å². The van der Waals surface area contributed by atoms with Gasteiger partial charge >= 0.3 is 0 Å². The molecule has 0 saturated heterocycles. The minimum absolute atomic E-state index is 0.0567. The van der Waals surface area contributed by atoms with E-state index in [0.717, 1.165) is 12.2 Å². The molecule has 0 aliphatic carbocycles. The molecular formula is C12H18ClNO. The van der Waals surface area contributed by atoms with Crippen LogP contribution in [0.4, 0.5) is 0 Å². The normalized spacial score (nSPS) is 11.5. The Morgan fingerprint density at radius 1 is 1.40 bits per heavy atom. The molecule has 84 valence electrons. The molecule has 0 aliphatic rings. The molecule has 1 aromatic carbocycles. The Morgan fingerprint density at radius 3 is 2.60 bits per heavy atom. The van der Waals surface area contributed by atoms with Gasteiger partial charge in [-0.25, -0.2) is 0 Å². The molecular weight excluding hydrogens is 210 g/mol. The van der Waals surface area contributed by atoms with Gasteiger partial charge in [0.25, 0.3) is 0 Å². The second-order valence-electron chi connectivity index (χ2n) is 4.27. The van der Waals surface area contributed by atoms with Crippen LogP contribution in [-0.2, 0) is 6.42 Å². The zero-order chi connectivity index (χ0) is 11.5. The molecule has 0 unspecified atom stereocenters. The van der Waals surface area contributed by atoms with Crippen molar-refractivity contribution in [2.45, 2.75) is 25.8 Å². The van der Waals surface area contributed by atoms with Crippen LogP contribution in [-0.4, -0.2) is 19.7 Å². The number of rotatable bonds is 4. The number of benzene rings is 1. The maximum Gasteiger partial charge on any atom is 0.123 e. The number of likely N-dealkylation sites (N-methyl/N-ethyl adjacent to an activating group) is 1. The molecule has 0 aromatic heterocycles. The quantitative estimate of drug-likeness (QED) is 0.854. The summed E-state index contributed by atoms with van der Waals surface area (Å²) in [4.78, 5) is 0. The van der Waals surface area contributed by atoms with Gasteiger partial charge in [0.1, 0.15) is 5.75 Å². The van der Waals surface area contributed by atoms with E-state index >= 15 is 0 Å². The first-order valence-electron chi connectivity index (χ1n) is 5.00. The van der Waals surface area contributed by atoms with Gasteiger partial charge < -0.3 is 10.1 Å². The molecule has 0 heterocycles. The zero-order valence-corrected chi connectivity index (χ0v) is 10.5. The maximum atomic E-state index is 5.91. The van der Waals surface area contributed by atoms with Crippen molar-refractivity contribution in [3.63, 3.8) is 0 Å². The summed E-state index contributed by atoms with van der Waals surface area (Å²) in [5, 5.41) is 3.97. The molecule has 3 heteroatoms. The van der Waals surface area contributed by atoms with Crippen molar-refractivity contribution in [3.05, 3.63) is 28.8 Å². The largest absolute Gasteiger partial charge is 0.496 e. The fourth-order valence-electron chi connectivity index (χ4n) is 1.43. The van der Waals surface area contributed by atoms with Crippen LogP contribution < -0.4 is 10.1 Å². The molecule has 1 aromatic rings. The van der Waals surface area contributed by atoms with Gasteiger partial charge in [0.05, 0.1) is 7.11 Å². The van der Waals surface area contributed by atoms with Crippen LogP contribution in [0.3, 0.4) is 0 Å². The Kier molecular flexibility index (Phi) is 4.00. The van der Waals surface area contributed by atoms with Gasteiger partial charge in [0.2, 0.25) is 0 Å². The summed E-state index contributed by atoms with van der Waals surface area (Å²) >= 11 is 5.91. The lowest BCUT2D eigenvalue weighted by atomic mass is 9.95. The number of hydrogen-bond acceptors (Lipinski definition) is 2. The number of hydrogen-bond donors (Lipinski definition) is 1. The molecule has 0 amide bonds. The maximum absolute atomic E-state index is 5.91. The lowest BCUT2D eigenvalue weighted by Crippen LogP contribution is -2.38. The van der Waals surface area contributed by atoms with E-state index in [0.29, 0.717) is 5.02 Å². The number of nitrogens with one attached hydrogen (secondary N) is 1. The zero-order valence-electron chi connectivity index (χ0n) is 9.73. The highest BCUT2D eigenvalue weighted by Crippen LogP contribution is 2.26. The summed E-state index contributed by atoms with van der Waals surface area (Å²) < 4.78 is 5.30. The van der Waals surface area contributed by atoms with Crippen molar-refractivity contribution in [1.29, 1.82) is 0 Å². The highest BCUT2D eigenvalue weighted by molar-refractivity contribution is 6.30. The van der Waals surface area contributed by atoms with Crippen molar-refractivity contribution in [3.8, 4) is 5.75 Å². The second-order valence-corrected chi connectivity index (χ2v) is 4.70. The van der Waals surface area contributed by atoms with Crippen molar-refractivity contribution in [1.82, 2.24) is 5.32 Å². The summed E-state index contributed by atoms with van der Waals surface area (Å²) in [6.07, 6.45) is 0.907. The van der Waals surface area contributed by atoms with Crippen LogP contribution in [0.5, 0.6) is 5.75 Å². The van der Waals surface area contributed by atoms with Crippen LogP contribution in [0.15, 0.2) is 18.2 Å². The predicted octanol–water partition coefficient (Wildman–Crippen LogP) is 2.89. The minimum Gasteiger partial charge on any atom is -0.496 e. The summed E-state index contributed by atoms with van der Waals surface area (Å²) in [6, 6.07) is 5.76. The molecule has 15 heavy (non-hydrogen) atoms. The standard InChI is InChI=1S/C12H18ClNO/c1-12(2,14-3)8-9-5-6-10(13)7-11(9)15-4/h5-7,14H,8H2,1-4H3. The Morgan fingerprint density at radius 2 is 2.07 bits per heavy atom. The van der Waals surface area contributed by atoms with E-state index in [1.807, 2.05) is 25.2 Å². The average molecular weight is 228 g/mol. The Labute approximate surface area is 96.6 Å². The van der Waals surface area contributed by atoms with Crippen molar-refractivity contribution in [2.75, 3.05) is 14.2 Å². The monoisotopic (exact) mass is 227 g/mol. The third-order valence-corrected chi connectivity index (χ3v) is 2.79. The van der Waals surface area contributed by atoms with E-state index in [-0.39, 0.29) is 5.54 Å². The van der Waals surface area contributed by atoms with Crippen LogP contribution in [0.1, 0.15) is 19.4 Å². The minimum atomic E-state index is 0.0567. The van der Waals surface area contributed by atoms with Crippen LogP contribution in [0, 0.1) is 0 Å². The van der Waals surface area contributed by atoms with Gasteiger partial charge in [-0.3, -0.25) is 0 Å². The smallest absolute Gasteiger partial charge is 0.123 e. The van der Waals surface area contributed by atoms with Gasteiger partial charge in [0.15, 0.2) is 0 Å². The number of halogens is 1. The van der Waals surface area contributed by atoms with Gasteiger partial charge in [0, 0.05) is 10.6 Å². The summed E-state index contributed by atoms with van der Waals surface area (Å²) in [5.74, 6) is 0.853. The Balaban J connectivity index is 2.94. The second kappa shape index (κ2) is 4.86. The predicted molar refractivity (Wildman–Crippen MR) is 64.8 cm³/mol. The first-order valence-corrected chi connectivity index (χ1v) is 5.37.